The Morgan fingerprint density at radius 1 is 1.19 bits per heavy atom. The minimum absolute atomic E-state index is 0.00659. The molecule has 2 rings (SSSR count). The fourth-order valence-electron chi connectivity index (χ4n) is 2.39. The lowest BCUT2D eigenvalue weighted by Crippen LogP contribution is -2.41. The van der Waals surface area contributed by atoms with E-state index in [1.54, 1.807) is 12.1 Å². The molecule has 5 nitrogen and oxygen atoms in total. The molecule has 1 saturated heterocycles. The normalized spacial score (nSPS) is 18.8. The van der Waals surface area contributed by atoms with Crippen LogP contribution in [0.3, 0.4) is 0 Å². The van der Waals surface area contributed by atoms with Gasteiger partial charge in [0.2, 0.25) is 0 Å². The highest BCUT2D eigenvalue weighted by molar-refractivity contribution is 9.10. The molecule has 0 unspecified atom stereocenters. The second kappa shape index (κ2) is 7.88. The van der Waals surface area contributed by atoms with Gasteiger partial charge in [-0.1, -0.05) is 33.8 Å². The number of rotatable bonds is 5. The summed E-state index contributed by atoms with van der Waals surface area (Å²) in [5.41, 5.74) is 0.657. The first-order valence-electron chi connectivity index (χ1n) is 8.14. The van der Waals surface area contributed by atoms with Crippen LogP contribution >= 0.6 is 27.7 Å². The summed E-state index contributed by atoms with van der Waals surface area (Å²) < 4.78 is 12.9. The predicted octanol–water partition coefficient (Wildman–Crippen LogP) is 4.44. The number of carbonyl (C=O) groups is 2. The lowest BCUT2D eigenvalue weighted by molar-refractivity contribution is -0.109. The fraction of sp³-hybridized carbons (Fsp3) is 0.444. The zero-order valence-electron chi connectivity index (χ0n) is 15.5. The molecule has 8 heteroatoms. The van der Waals surface area contributed by atoms with Gasteiger partial charge in [0.1, 0.15) is 0 Å². The first-order chi connectivity index (χ1) is 11.9. The molecule has 0 atom stereocenters. The average molecular weight is 441 g/mol. The minimum Gasteiger partial charge on any atom is -0.478 e. The first-order valence-corrected chi connectivity index (χ1v) is 9.92. The number of carboxylic acids is 1. The lowest BCUT2D eigenvalue weighted by Gasteiger charge is -2.32. The topological polar surface area (TPSA) is 72.8 Å². The van der Waals surface area contributed by atoms with E-state index in [0.29, 0.717) is 15.8 Å². The van der Waals surface area contributed by atoms with E-state index < -0.39 is 24.3 Å². The molecule has 140 valence electrons. The summed E-state index contributed by atoms with van der Waals surface area (Å²) in [5, 5.41) is 9.25. The van der Waals surface area contributed by atoms with Crippen molar-refractivity contribution in [2.45, 2.75) is 45.8 Å². The van der Waals surface area contributed by atoms with Crippen LogP contribution in [0.25, 0.3) is 6.08 Å². The van der Waals surface area contributed by atoms with Crippen molar-refractivity contribution >= 4 is 52.0 Å². The Balaban J connectivity index is 2.41. The van der Waals surface area contributed by atoms with Crippen LogP contribution in [0.5, 0.6) is 0 Å². The van der Waals surface area contributed by atoms with Gasteiger partial charge in [0, 0.05) is 17.1 Å². The summed E-state index contributed by atoms with van der Waals surface area (Å²) >= 11 is 4.50. The van der Waals surface area contributed by atoms with Crippen molar-refractivity contribution in [3.8, 4) is 0 Å². The number of hydrogen-bond acceptors (Lipinski definition) is 5. The maximum Gasteiger partial charge on any atom is 0.491 e. The van der Waals surface area contributed by atoms with Crippen LogP contribution in [-0.4, -0.2) is 40.3 Å². The van der Waals surface area contributed by atoms with Crippen molar-refractivity contribution < 1.29 is 24.0 Å². The Kier molecular flexibility index (Phi) is 6.43. The van der Waals surface area contributed by atoms with Gasteiger partial charge >= 0.3 is 13.1 Å². The second-order valence-electron chi connectivity index (χ2n) is 7.17. The predicted molar refractivity (Wildman–Crippen MR) is 108 cm³/mol. The SMILES string of the molecule is CC(=O)SCC(=Cc1cc(Br)cc(C(=O)O)c1)B1OC(C)(C)C(C)(C)O1. The molecule has 0 spiro atoms. The van der Waals surface area contributed by atoms with E-state index in [1.165, 1.54) is 18.7 Å². The van der Waals surface area contributed by atoms with E-state index in [-0.39, 0.29) is 10.7 Å². The highest BCUT2D eigenvalue weighted by Crippen LogP contribution is 2.39. The summed E-state index contributed by atoms with van der Waals surface area (Å²) in [6.45, 7) is 9.36. The molecule has 0 amide bonds. The maximum atomic E-state index is 11.4. The highest BCUT2D eigenvalue weighted by Gasteiger charge is 2.52. The Morgan fingerprint density at radius 3 is 2.27 bits per heavy atom. The van der Waals surface area contributed by atoms with Crippen molar-refractivity contribution in [3.05, 3.63) is 39.3 Å². The summed E-state index contributed by atoms with van der Waals surface area (Å²) in [7, 11) is -0.598. The summed E-state index contributed by atoms with van der Waals surface area (Å²) in [4.78, 5) is 22.7. The van der Waals surface area contributed by atoms with Crippen LogP contribution in [0, 0.1) is 0 Å². The largest absolute Gasteiger partial charge is 0.491 e. The van der Waals surface area contributed by atoms with Gasteiger partial charge in [0.15, 0.2) is 5.12 Å². The number of aromatic carboxylic acids is 1. The molecule has 1 aliphatic heterocycles. The number of benzene rings is 1. The van der Waals surface area contributed by atoms with Crippen LogP contribution in [0.15, 0.2) is 28.1 Å². The first kappa shape index (κ1) is 21.2. The molecule has 0 radical (unpaired) electrons. The lowest BCUT2D eigenvalue weighted by atomic mass is 9.78. The van der Waals surface area contributed by atoms with Crippen molar-refractivity contribution in [2.24, 2.45) is 0 Å². The van der Waals surface area contributed by atoms with Gasteiger partial charge in [-0.3, -0.25) is 4.79 Å². The highest BCUT2D eigenvalue weighted by atomic mass is 79.9. The number of carbonyl (C=O) groups excluding carboxylic acids is 1. The molecule has 1 fully saturated rings. The van der Waals surface area contributed by atoms with Gasteiger partial charge in [-0.25, -0.2) is 4.79 Å². The Bertz CT molecular complexity index is 744. The van der Waals surface area contributed by atoms with E-state index in [0.717, 1.165) is 5.47 Å². The van der Waals surface area contributed by atoms with Crippen LogP contribution in [0.2, 0.25) is 0 Å². The number of halogens is 1. The monoisotopic (exact) mass is 440 g/mol. The minimum atomic E-state index is -1.00. The van der Waals surface area contributed by atoms with Crippen molar-refractivity contribution in [1.82, 2.24) is 0 Å². The third-order valence-electron chi connectivity index (χ3n) is 4.52. The van der Waals surface area contributed by atoms with E-state index >= 15 is 0 Å². The van der Waals surface area contributed by atoms with Crippen molar-refractivity contribution in [1.29, 1.82) is 0 Å². The maximum absolute atomic E-state index is 11.4. The molecule has 1 aromatic carbocycles. The van der Waals surface area contributed by atoms with Crippen LogP contribution in [0.4, 0.5) is 0 Å². The molecule has 26 heavy (non-hydrogen) atoms. The van der Waals surface area contributed by atoms with Gasteiger partial charge in [0.25, 0.3) is 0 Å². The average Bonchev–Trinajstić information content (AvgIpc) is 2.70. The molecule has 0 bridgehead atoms. The molecular formula is C18H22BBrO5S. The van der Waals surface area contributed by atoms with Gasteiger partial charge in [0.05, 0.1) is 16.8 Å². The Hall–Kier alpha value is -1.09. The van der Waals surface area contributed by atoms with E-state index in [9.17, 15) is 14.7 Å². The molecule has 1 N–H and O–H groups in total. The van der Waals surface area contributed by atoms with Crippen molar-refractivity contribution in [3.63, 3.8) is 0 Å². The van der Waals surface area contributed by atoms with Crippen LogP contribution in [-0.2, 0) is 14.1 Å². The van der Waals surface area contributed by atoms with Gasteiger partial charge in [-0.2, -0.15) is 0 Å². The van der Waals surface area contributed by atoms with Gasteiger partial charge < -0.3 is 14.4 Å². The van der Waals surface area contributed by atoms with Crippen molar-refractivity contribution in [2.75, 3.05) is 5.75 Å². The molecule has 0 aromatic heterocycles. The number of carboxylic acid groups (broad SMARTS) is 1. The van der Waals surface area contributed by atoms with Crippen LogP contribution in [0.1, 0.15) is 50.5 Å². The molecule has 0 aliphatic carbocycles. The summed E-state index contributed by atoms with van der Waals surface area (Å²) in [6, 6.07) is 4.94. The fourth-order valence-corrected chi connectivity index (χ4v) is 3.49. The second-order valence-corrected chi connectivity index (χ2v) is 9.23. The molecular weight excluding hydrogens is 419 g/mol. The van der Waals surface area contributed by atoms with Gasteiger partial charge in [-0.15, -0.1) is 0 Å². The summed E-state index contributed by atoms with van der Waals surface area (Å²) in [5.74, 6) is -0.600. The van der Waals surface area contributed by atoms with Crippen LogP contribution < -0.4 is 0 Å². The molecule has 1 aliphatic rings. The zero-order valence-corrected chi connectivity index (χ0v) is 17.9. The standard InChI is InChI=1S/C18H22BBrO5S/c1-11(21)26-10-14(19-24-17(2,3)18(4,5)25-19)7-12-6-13(16(22)23)9-15(20)8-12/h6-9H,10H2,1-5H3,(H,22,23). The van der Waals surface area contributed by atoms with Gasteiger partial charge in [-0.05, 0) is 56.9 Å². The number of hydrogen-bond donors (Lipinski definition) is 1. The Morgan fingerprint density at radius 2 is 1.77 bits per heavy atom. The molecule has 1 aromatic rings. The number of thioether (sulfide) groups is 1. The third kappa shape index (κ3) is 5.00. The smallest absolute Gasteiger partial charge is 0.478 e. The third-order valence-corrected chi connectivity index (χ3v) is 5.86. The molecule has 1 heterocycles. The quantitative estimate of drug-likeness (QED) is 0.682. The zero-order chi connectivity index (χ0) is 19.7. The van der Waals surface area contributed by atoms with E-state index in [4.69, 9.17) is 9.31 Å². The Labute approximate surface area is 166 Å². The molecule has 0 saturated carbocycles. The summed E-state index contributed by atoms with van der Waals surface area (Å²) in [6.07, 6.45) is 1.83. The van der Waals surface area contributed by atoms with E-state index in [2.05, 4.69) is 15.9 Å². The van der Waals surface area contributed by atoms with E-state index in [1.807, 2.05) is 39.8 Å².